The van der Waals surface area contributed by atoms with Crippen LogP contribution in [0.3, 0.4) is 0 Å². The fourth-order valence-corrected chi connectivity index (χ4v) is 3.80. The van der Waals surface area contributed by atoms with E-state index in [4.69, 9.17) is 0 Å². The summed E-state index contributed by atoms with van der Waals surface area (Å²) in [4.78, 5) is 12.5. The number of carbonyl (C=O) groups excluding carboxylic acids is 1. The van der Waals surface area contributed by atoms with Crippen molar-refractivity contribution in [1.82, 2.24) is 0 Å². The molecule has 96 valence electrons. The van der Waals surface area contributed by atoms with E-state index in [0.717, 1.165) is 50.3 Å². The van der Waals surface area contributed by atoms with Gasteiger partial charge < -0.3 is 0 Å². The zero-order chi connectivity index (χ0) is 13.0. The highest BCUT2D eigenvalue weighted by molar-refractivity contribution is 6.01. The second-order valence-corrected chi connectivity index (χ2v) is 6.26. The molecule has 0 spiro atoms. The third-order valence-electron chi connectivity index (χ3n) is 4.79. The van der Waals surface area contributed by atoms with E-state index >= 15 is 0 Å². The van der Waals surface area contributed by atoms with Crippen LogP contribution >= 0.6 is 0 Å². The van der Waals surface area contributed by atoms with Gasteiger partial charge in [-0.05, 0) is 49.7 Å². The van der Waals surface area contributed by atoms with Gasteiger partial charge in [-0.25, -0.2) is 8.78 Å². The molecule has 2 saturated carbocycles. The Kier molecular flexibility index (Phi) is 2.38. The van der Waals surface area contributed by atoms with Crippen LogP contribution in [0.2, 0.25) is 0 Å². The summed E-state index contributed by atoms with van der Waals surface area (Å²) in [5, 5.41) is 0. The average molecular weight is 250 g/mol. The van der Waals surface area contributed by atoms with E-state index in [-0.39, 0.29) is 22.2 Å². The summed E-state index contributed by atoms with van der Waals surface area (Å²) in [5.41, 5.74) is 0.106. The van der Waals surface area contributed by atoms with Crippen LogP contribution < -0.4 is 0 Å². The van der Waals surface area contributed by atoms with E-state index in [2.05, 4.69) is 6.92 Å². The summed E-state index contributed by atoms with van der Waals surface area (Å²) in [7, 11) is 0. The number of hydrogen-bond donors (Lipinski definition) is 0. The van der Waals surface area contributed by atoms with E-state index in [1.165, 1.54) is 0 Å². The molecular weight excluding hydrogens is 234 g/mol. The highest BCUT2D eigenvalue weighted by Crippen LogP contribution is 2.62. The molecule has 0 saturated heterocycles. The molecule has 0 aromatic heterocycles. The molecule has 1 nitrogen and oxygen atoms in total. The third-order valence-corrected chi connectivity index (χ3v) is 4.79. The maximum atomic E-state index is 13.2. The van der Waals surface area contributed by atoms with Crippen LogP contribution in [0.4, 0.5) is 8.78 Å². The van der Waals surface area contributed by atoms with Gasteiger partial charge >= 0.3 is 0 Å². The average Bonchev–Trinajstić information content (AvgIpc) is 2.81. The Morgan fingerprint density at radius 1 is 1.06 bits per heavy atom. The molecule has 0 N–H and O–H groups in total. The second-order valence-electron chi connectivity index (χ2n) is 6.26. The van der Waals surface area contributed by atoms with Gasteiger partial charge in [0.1, 0.15) is 11.6 Å². The first-order valence-corrected chi connectivity index (χ1v) is 6.44. The van der Waals surface area contributed by atoms with Crippen LogP contribution in [0.25, 0.3) is 0 Å². The van der Waals surface area contributed by atoms with Crippen LogP contribution in [-0.4, -0.2) is 5.78 Å². The Morgan fingerprint density at radius 3 is 2.06 bits per heavy atom. The summed E-state index contributed by atoms with van der Waals surface area (Å²) < 4.78 is 26.4. The highest BCUT2D eigenvalue weighted by Gasteiger charge is 2.55. The van der Waals surface area contributed by atoms with Crippen LogP contribution in [0.15, 0.2) is 18.2 Å². The lowest BCUT2D eigenvalue weighted by atomic mass is 9.77. The van der Waals surface area contributed by atoms with E-state index in [1.807, 2.05) is 0 Å². The van der Waals surface area contributed by atoms with Gasteiger partial charge in [0.05, 0.1) is 0 Å². The van der Waals surface area contributed by atoms with Crippen molar-refractivity contribution in [3.05, 3.63) is 35.4 Å². The van der Waals surface area contributed by atoms with Gasteiger partial charge in [-0.1, -0.05) is 6.92 Å². The van der Waals surface area contributed by atoms with Gasteiger partial charge in [0.25, 0.3) is 0 Å². The molecule has 1 aromatic rings. The predicted molar refractivity (Wildman–Crippen MR) is 64.3 cm³/mol. The topological polar surface area (TPSA) is 17.1 Å². The van der Waals surface area contributed by atoms with Gasteiger partial charge in [-0.15, -0.1) is 0 Å². The van der Waals surface area contributed by atoms with E-state index in [1.54, 1.807) is 0 Å². The minimum absolute atomic E-state index is 0.0675. The van der Waals surface area contributed by atoms with Crippen molar-refractivity contribution in [3.8, 4) is 0 Å². The molecule has 3 heteroatoms. The molecular formula is C15H16F2O. The highest BCUT2D eigenvalue weighted by atomic mass is 19.1. The molecule has 0 radical (unpaired) electrons. The molecule has 18 heavy (non-hydrogen) atoms. The summed E-state index contributed by atoms with van der Waals surface area (Å²) in [6, 6.07) is 3.13. The van der Waals surface area contributed by atoms with Gasteiger partial charge in [-0.2, -0.15) is 0 Å². The molecule has 2 aliphatic rings. The van der Waals surface area contributed by atoms with Crippen molar-refractivity contribution in [1.29, 1.82) is 0 Å². The lowest BCUT2D eigenvalue weighted by molar-refractivity contribution is 0.0802. The summed E-state index contributed by atoms with van der Waals surface area (Å²) in [6.07, 6.45) is 4.70. The van der Waals surface area contributed by atoms with E-state index in [9.17, 15) is 13.6 Å². The first-order valence-electron chi connectivity index (χ1n) is 6.44. The van der Waals surface area contributed by atoms with Gasteiger partial charge in [0.2, 0.25) is 0 Å². The van der Waals surface area contributed by atoms with Crippen molar-refractivity contribution < 1.29 is 13.6 Å². The Hall–Kier alpha value is -1.25. The molecule has 3 rings (SSSR count). The van der Waals surface area contributed by atoms with E-state index in [0.29, 0.717) is 0 Å². The molecule has 2 aliphatic carbocycles. The monoisotopic (exact) mass is 250 g/mol. The van der Waals surface area contributed by atoms with E-state index < -0.39 is 11.6 Å². The summed E-state index contributed by atoms with van der Waals surface area (Å²) in [6.45, 7) is 2.21. The van der Waals surface area contributed by atoms with Crippen LogP contribution in [0, 0.1) is 22.5 Å². The molecule has 0 aliphatic heterocycles. The molecule has 0 atom stereocenters. The maximum Gasteiger partial charge on any atom is 0.169 e. The van der Waals surface area contributed by atoms with Crippen molar-refractivity contribution in [2.75, 3.05) is 0 Å². The Labute approximate surface area is 105 Å². The van der Waals surface area contributed by atoms with Crippen molar-refractivity contribution in [2.45, 2.75) is 39.0 Å². The van der Waals surface area contributed by atoms with Gasteiger partial charge in [0, 0.05) is 17.0 Å². The SMILES string of the molecule is CC12CCC(C(=O)c3cc(F)cc(F)c3)(CC1)C2. The summed E-state index contributed by atoms with van der Waals surface area (Å²) in [5.74, 6) is -1.41. The van der Waals surface area contributed by atoms with Crippen LogP contribution in [0.5, 0.6) is 0 Å². The van der Waals surface area contributed by atoms with Crippen molar-refractivity contribution in [2.24, 2.45) is 10.8 Å². The zero-order valence-corrected chi connectivity index (χ0v) is 10.4. The zero-order valence-electron chi connectivity index (χ0n) is 10.4. The third kappa shape index (κ3) is 1.68. The number of rotatable bonds is 2. The van der Waals surface area contributed by atoms with Crippen LogP contribution in [0.1, 0.15) is 49.4 Å². The standard InChI is InChI=1S/C15H16F2O/c1-14-2-4-15(9-14,5-3-14)13(18)10-6-11(16)8-12(17)7-10/h6-8H,2-5,9H2,1H3. The molecule has 0 heterocycles. The fraction of sp³-hybridized carbons (Fsp3) is 0.533. The molecule has 0 unspecified atom stereocenters. The van der Waals surface area contributed by atoms with Crippen LogP contribution in [-0.2, 0) is 0 Å². The number of ketones is 1. The lowest BCUT2D eigenvalue weighted by Crippen LogP contribution is -2.26. The van der Waals surface area contributed by atoms with Gasteiger partial charge in [0.15, 0.2) is 5.78 Å². The first-order chi connectivity index (χ1) is 8.42. The summed E-state index contributed by atoms with van der Waals surface area (Å²) >= 11 is 0. The number of Topliss-reactive ketones (excluding diaryl/α,β-unsaturated/α-hetero) is 1. The Bertz CT molecular complexity index is 493. The molecule has 0 amide bonds. The minimum atomic E-state index is -0.673. The smallest absolute Gasteiger partial charge is 0.169 e. The number of hydrogen-bond acceptors (Lipinski definition) is 1. The number of fused-ring (bicyclic) bond motifs is 2. The number of carbonyl (C=O) groups is 1. The Morgan fingerprint density at radius 2 is 1.61 bits per heavy atom. The quantitative estimate of drug-likeness (QED) is 0.722. The van der Waals surface area contributed by atoms with Crippen molar-refractivity contribution >= 4 is 5.78 Å². The van der Waals surface area contributed by atoms with Crippen molar-refractivity contribution in [3.63, 3.8) is 0 Å². The minimum Gasteiger partial charge on any atom is -0.294 e. The number of benzene rings is 1. The number of halogens is 2. The second kappa shape index (κ2) is 3.62. The maximum absolute atomic E-state index is 13.2. The lowest BCUT2D eigenvalue weighted by Gasteiger charge is -2.25. The molecule has 2 bridgehead atoms. The van der Waals surface area contributed by atoms with Gasteiger partial charge in [-0.3, -0.25) is 4.79 Å². The fourth-order valence-electron chi connectivity index (χ4n) is 3.80. The Balaban J connectivity index is 1.96. The normalized spacial score (nSPS) is 33.9. The first kappa shape index (κ1) is 11.8. The molecule has 1 aromatic carbocycles. The predicted octanol–water partition coefficient (Wildman–Crippen LogP) is 4.12. The molecule has 2 fully saturated rings. The largest absolute Gasteiger partial charge is 0.294 e.